The highest BCUT2D eigenvalue weighted by atomic mass is 15.0. The Labute approximate surface area is 92.6 Å². The van der Waals surface area contributed by atoms with Gasteiger partial charge in [-0.25, -0.2) is 0 Å². The smallest absolute Gasteiger partial charge is 0.0390 e. The summed E-state index contributed by atoms with van der Waals surface area (Å²) >= 11 is 0. The van der Waals surface area contributed by atoms with Crippen LogP contribution in [-0.4, -0.2) is 6.04 Å². The monoisotopic (exact) mass is 206 g/mol. The Morgan fingerprint density at radius 1 is 1.27 bits per heavy atom. The maximum Gasteiger partial charge on any atom is 0.0390 e. The predicted octanol–water partition coefficient (Wildman–Crippen LogP) is 2.53. The molecule has 0 amide bonds. The summed E-state index contributed by atoms with van der Waals surface area (Å²) in [4.78, 5) is 0. The molecule has 15 heavy (non-hydrogen) atoms. The van der Waals surface area contributed by atoms with Crippen LogP contribution >= 0.6 is 0 Å². The van der Waals surface area contributed by atoms with Gasteiger partial charge in [0.05, 0.1) is 0 Å². The van der Waals surface area contributed by atoms with E-state index >= 15 is 0 Å². The lowest BCUT2D eigenvalue weighted by Gasteiger charge is -2.23. The van der Waals surface area contributed by atoms with Crippen LogP contribution in [0.1, 0.15) is 40.5 Å². The van der Waals surface area contributed by atoms with Gasteiger partial charge in [-0.05, 0) is 36.8 Å². The number of rotatable bonds is 1. The Morgan fingerprint density at radius 3 is 2.53 bits per heavy atom. The van der Waals surface area contributed by atoms with E-state index in [1.807, 2.05) is 0 Å². The number of fused-ring (bicyclic) bond motifs is 1. The van der Waals surface area contributed by atoms with Gasteiger partial charge in [-0.2, -0.15) is 0 Å². The summed E-state index contributed by atoms with van der Waals surface area (Å²) in [5.41, 5.74) is 11.6. The zero-order chi connectivity index (χ0) is 11.2. The highest BCUT2D eigenvalue weighted by Gasteiger charge is 2.34. The SMILES string of the molecule is CC(C)C1=C2NC(C)C(C)C2=C(N)CC1. The fraction of sp³-hybridized carbons (Fsp3) is 0.692. The molecule has 0 saturated carbocycles. The maximum absolute atomic E-state index is 6.14. The number of hydrogen-bond acceptors (Lipinski definition) is 2. The van der Waals surface area contributed by atoms with Crippen molar-refractivity contribution in [3.8, 4) is 0 Å². The second kappa shape index (κ2) is 3.58. The van der Waals surface area contributed by atoms with Gasteiger partial charge >= 0.3 is 0 Å². The maximum atomic E-state index is 6.14. The van der Waals surface area contributed by atoms with Gasteiger partial charge in [0.25, 0.3) is 0 Å². The quantitative estimate of drug-likeness (QED) is 0.692. The molecule has 1 aliphatic carbocycles. The Balaban J connectivity index is 2.48. The van der Waals surface area contributed by atoms with E-state index in [0.717, 1.165) is 18.5 Å². The van der Waals surface area contributed by atoms with Crippen molar-refractivity contribution in [2.24, 2.45) is 17.6 Å². The van der Waals surface area contributed by atoms with Crippen LogP contribution in [0.25, 0.3) is 0 Å². The van der Waals surface area contributed by atoms with Crippen LogP contribution in [0.15, 0.2) is 22.5 Å². The molecule has 0 aromatic carbocycles. The molecule has 3 N–H and O–H groups in total. The van der Waals surface area contributed by atoms with Crippen molar-refractivity contribution in [1.29, 1.82) is 0 Å². The summed E-state index contributed by atoms with van der Waals surface area (Å²) in [6.07, 6.45) is 2.18. The molecule has 1 aliphatic heterocycles. The lowest BCUT2D eigenvalue weighted by Crippen LogP contribution is -2.21. The van der Waals surface area contributed by atoms with E-state index in [0.29, 0.717) is 17.9 Å². The van der Waals surface area contributed by atoms with E-state index in [-0.39, 0.29) is 0 Å². The van der Waals surface area contributed by atoms with Crippen LogP contribution in [0.5, 0.6) is 0 Å². The van der Waals surface area contributed by atoms with Crippen molar-refractivity contribution in [3.05, 3.63) is 22.5 Å². The zero-order valence-corrected chi connectivity index (χ0v) is 10.2. The third kappa shape index (κ3) is 1.56. The number of allylic oxidation sites excluding steroid dienone is 3. The van der Waals surface area contributed by atoms with Crippen LogP contribution < -0.4 is 11.1 Å². The van der Waals surface area contributed by atoms with Gasteiger partial charge in [-0.3, -0.25) is 0 Å². The van der Waals surface area contributed by atoms with Gasteiger partial charge in [-0.1, -0.05) is 20.8 Å². The molecule has 0 aromatic rings. The normalized spacial score (nSPS) is 31.0. The van der Waals surface area contributed by atoms with Gasteiger partial charge in [-0.15, -0.1) is 0 Å². The molecule has 2 aliphatic rings. The van der Waals surface area contributed by atoms with Crippen molar-refractivity contribution in [3.63, 3.8) is 0 Å². The van der Waals surface area contributed by atoms with Gasteiger partial charge in [0.15, 0.2) is 0 Å². The van der Waals surface area contributed by atoms with Crippen molar-refractivity contribution in [1.82, 2.24) is 5.32 Å². The van der Waals surface area contributed by atoms with E-state index < -0.39 is 0 Å². The van der Waals surface area contributed by atoms with Crippen molar-refractivity contribution in [2.75, 3.05) is 0 Å². The van der Waals surface area contributed by atoms with Crippen LogP contribution in [0, 0.1) is 11.8 Å². The van der Waals surface area contributed by atoms with E-state index in [1.165, 1.54) is 11.3 Å². The van der Waals surface area contributed by atoms with Gasteiger partial charge in [0, 0.05) is 23.4 Å². The van der Waals surface area contributed by atoms with E-state index in [1.54, 1.807) is 5.57 Å². The highest BCUT2D eigenvalue weighted by molar-refractivity contribution is 5.46. The second-order valence-electron chi connectivity index (χ2n) is 5.22. The first-order valence-corrected chi connectivity index (χ1v) is 6.00. The minimum Gasteiger partial charge on any atom is -0.402 e. The number of nitrogens with two attached hydrogens (primary N) is 1. The molecule has 1 saturated heterocycles. The Kier molecular flexibility index (Phi) is 2.53. The molecule has 1 heterocycles. The molecule has 1 fully saturated rings. The number of nitrogens with one attached hydrogen (secondary N) is 1. The van der Waals surface area contributed by atoms with Crippen LogP contribution in [0.4, 0.5) is 0 Å². The Bertz CT molecular complexity index is 336. The first-order chi connectivity index (χ1) is 7.02. The molecular formula is C13H22N2. The third-order valence-corrected chi connectivity index (χ3v) is 3.87. The van der Waals surface area contributed by atoms with Crippen molar-refractivity contribution < 1.29 is 0 Å². The van der Waals surface area contributed by atoms with E-state index in [9.17, 15) is 0 Å². The third-order valence-electron chi connectivity index (χ3n) is 3.87. The van der Waals surface area contributed by atoms with Crippen LogP contribution in [0.2, 0.25) is 0 Å². The second-order valence-corrected chi connectivity index (χ2v) is 5.22. The molecule has 2 nitrogen and oxygen atoms in total. The van der Waals surface area contributed by atoms with Gasteiger partial charge < -0.3 is 11.1 Å². The number of hydrogen-bond donors (Lipinski definition) is 2. The Morgan fingerprint density at radius 2 is 1.93 bits per heavy atom. The van der Waals surface area contributed by atoms with Crippen LogP contribution in [0.3, 0.4) is 0 Å². The summed E-state index contributed by atoms with van der Waals surface area (Å²) in [7, 11) is 0. The largest absolute Gasteiger partial charge is 0.402 e. The zero-order valence-electron chi connectivity index (χ0n) is 10.2. The molecule has 2 heteroatoms. The molecular weight excluding hydrogens is 184 g/mol. The van der Waals surface area contributed by atoms with E-state index in [2.05, 4.69) is 33.0 Å². The first-order valence-electron chi connectivity index (χ1n) is 6.00. The molecule has 2 atom stereocenters. The average molecular weight is 206 g/mol. The minimum absolute atomic E-state index is 0.528. The first kappa shape index (κ1) is 10.6. The average Bonchev–Trinajstić information content (AvgIpc) is 2.44. The molecule has 0 radical (unpaired) electrons. The summed E-state index contributed by atoms with van der Waals surface area (Å²) < 4.78 is 0. The Hall–Kier alpha value is -0.920. The standard InChI is InChI=1S/C13H22N2/c1-7(2)10-5-6-11(14)12-8(3)9(4)15-13(10)12/h7-9,15H,5-6,14H2,1-4H3. The molecule has 0 spiro atoms. The molecule has 2 rings (SSSR count). The van der Waals surface area contributed by atoms with Gasteiger partial charge in [0.1, 0.15) is 0 Å². The van der Waals surface area contributed by atoms with E-state index in [4.69, 9.17) is 5.73 Å². The van der Waals surface area contributed by atoms with Crippen LogP contribution in [-0.2, 0) is 0 Å². The lowest BCUT2D eigenvalue weighted by atomic mass is 9.84. The summed E-state index contributed by atoms with van der Waals surface area (Å²) in [5.74, 6) is 1.20. The molecule has 0 aromatic heterocycles. The predicted molar refractivity (Wildman–Crippen MR) is 64.1 cm³/mol. The fourth-order valence-electron chi connectivity index (χ4n) is 2.73. The van der Waals surface area contributed by atoms with Crippen molar-refractivity contribution in [2.45, 2.75) is 46.6 Å². The highest BCUT2D eigenvalue weighted by Crippen LogP contribution is 2.40. The minimum atomic E-state index is 0.528. The molecule has 0 bridgehead atoms. The van der Waals surface area contributed by atoms with Gasteiger partial charge in [0.2, 0.25) is 0 Å². The summed E-state index contributed by atoms with van der Waals surface area (Å²) in [6.45, 7) is 9.07. The topological polar surface area (TPSA) is 38.0 Å². The molecule has 2 unspecified atom stereocenters. The molecule has 84 valence electrons. The lowest BCUT2D eigenvalue weighted by molar-refractivity contribution is 0.556. The summed E-state index contributed by atoms with van der Waals surface area (Å²) in [6, 6.07) is 0.528. The fourth-order valence-corrected chi connectivity index (χ4v) is 2.73. The summed E-state index contributed by atoms with van der Waals surface area (Å²) in [5, 5.41) is 3.61. The van der Waals surface area contributed by atoms with Crippen molar-refractivity contribution >= 4 is 0 Å².